The zero-order valence-corrected chi connectivity index (χ0v) is 15.5. The second-order valence-electron chi connectivity index (χ2n) is 6.15. The standard InChI is InChI=1S/C14H23N7O3S/c1-4-5-21-13(15-17-18-21)10-19-6-8-20(9-7-19)25(22,23)14-11(2)16-24-12(14)3/h4-10H2,1-3H3. The van der Waals surface area contributed by atoms with Crippen molar-refractivity contribution in [2.45, 2.75) is 45.2 Å². The minimum absolute atomic E-state index is 0.188. The highest BCUT2D eigenvalue weighted by Crippen LogP contribution is 2.24. The molecule has 0 saturated carbocycles. The molecule has 0 amide bonds. The van der Waals surface area contributed by atoms with Crippen molar-refractivity contribution in [2.24, 2.45) is 0 Å². The Morgan fingerprint density at radius 2 is 1.88 bits per heavy atom. The van der Waals surface area contributed by atoms with Crippen LogP contribution in [0.25, 0.3) is 0 Å². The Hall–Kier alpha value is -1.85. The van der Waals surface area contributed by atoms with Crippen molar-refractivity contribution in [3.63, 3.8) is 0 Å². The smallest absolute Gasteiger partial charge is 0.248 e. The lowest BCUT2D eigenvalue weighted by Crippen LogP contribution is -2.48. The van der Waals surface area contributed by atoms with E-state index in [2.05, 4.69) is 32.5 Å². The van der Waals surface area contributed by atoms with E-state index >= 15 is 0 Å². The fourth-order valence-corrected chi connectivity index (χ4v) is 4.74. The first-order valence-corrected chi connectivity index (χ1v) is 9.78. The van der Waals surface area contributed by atoms with E-state index in [1.165, 1.54) is 4.31 Å². The molecule has 0 aromatic carbocycles. The second kappa shape index (κ2) is 7.18. The number of hydrogen-bond donors (Lipinski definition) is 0. The maximum Gasteiger partial charge on any atom is 0.248 e. The zero-order valence-electron chi connectivity index (χ0n) is 14.7. The predicted octanol–water partition coefficient (Wildman–Crippen LogP) is 0.194. The second-order valence-corrected chi connectivity index (χ2v) is 8.03. The maximum atomic E-state index is 12.8. The topological polar surface area (TPSA) is 110 Å². The molecule has 1 saturated heterocycles. The quantitative estimate of drug-likeness (QED) is 0.710. The van der Waals surface area contributed by atoms with Gasteiger partial charge >= 0.3 is 0 Å². The lowest BCUT2D eigenvalue weighted by molar-refractivity contribution is 0.175. The Balaban J connectivity index is 1.65. The Bertz CT molecular complexity index is 802. The molecule has 2 aromatic heterocycles. The van der Waals surface area contributed by atoms with Gasteiger partial charge in [-0.05, 0) is 30.7 Å². The van der Waals surface area contributed by atoms with E-state index in [1.54, 1.807) is 18.5 Å². The fraction of sp³-hybridized carbons (Fsp3) is 0.714. The summed E-state index contributed by atoms with van der Waals surface area (Å²) in [6, 6.07) is 0. The van der Waals surface area contributed by atoms with Crippen molar-refractivity contribution in [3.05, 3.63) is 17.3 Å². The molecule has 10 nitrogen and oxygen atoms in total. The van der Waals surface area contributed by atoms with E-state index < -0.39 is 10.0 Å². The number of sulfonamides is 1. The van der Waals surface area contributed by atoms with Crippen LogP contribution in [-0.4, -0.2) is 69.2 Å². The highest BCUT2D eigenvalue weighted by atomic mass is 32.2. The van der Waals surface area contributed by atoms with Crippen molar-refractivity contribution >= 4 is 10.0 Å². The predicted molar refractivity (Wildman–Crippen MR) is 88.1 cm³/mol. The Kier molecular flexibility index (Phi) is 5.16. The van der Waals surface area contributed by atoms with E-state index in [1.807, 2.05) is 0 Å². The van der Waals surface area contributed by atoms with Crippen molar-refractivity contribution < 1.29 is 12.9 Å². The molecule has 0 spiro atoms. The minimum Gasteiger partial charge on any atom is -0.360 e. The van der Waals surface area contributed by atoms with E-state index in [4.69, 9.17) is 4.52 Å². The number of rotatable bonds is 6. The Morgan fingerprint density at radius 1 is 1.16 bits per heavy atom. The molecule has 25 heavy (non-hydrogen) atoms. The van der Waals surface area contributed by atoms with Crippen LogP contribution < -0.4 is 0 Å². The van der Waals surface area contributed by atoms with Gasteiger partial charge in [-0.3, -0.25) is 4.90 Å². The molecular formula is C14H23N7O3S. The first-order chi connectivity index (χ1) is 11.9. The van der Waals surface area contributed by atoms with Gasteiger partial charge < -0.3 is 4.52 Å². The number of nitrogens with zero attached hydrogens (tertiary/aromatic N) is 7. The van der Waals surface area contributed by atoms with Crippen LogP contribution in [-0.2, 0) is 23.1 Å². The monoisotopic (exact) mass is 369 g/mol. The largest absolute Gasteiger partial charge is 0.360 e. The van der Waals surface area contributed by atoms with Crippen LogP contribution >= 0.6 is 0 Å². The van der Waals surface area contributed by atoms with Gasteiger partial charge in [0.05, 0.1) is 6.54 Å². The molecule has 3 heterocycles. The summed E-state index contributed by atoms with van der Waals surface area (Å²) in [5, 5.41) is 15.5. The van der Waals surface area contributed by atoms with Gasteiger partial charge in [-0.1, -0.05) is 12.1 Å². The molecule has 0 unspecified atom stereocenters. The van der Waals surface area contributed by atoms with Gasteiger partial charge in [0.1, 0.15) is 10.6 Å². The molecule has 1 aliphatic heterocycles. The number of piperazine rings is 1. The van der Waals surface area contributed by atoms with Gasteiger partial charge in [-0.25, -0.2) is 13.1 Å². The third kappa shape index (κ3) is 3.58. The van der Waals surface area contributed by atoms with E-state index in [-0.39, 0.29) is 4.90 Å². The molecule has 0 atom stereocenters. The summed E-state index contributed by atoms with van der Waals surface area (Å²) in [7, 11) is -3.58. The van der Waals surface area contributed by atoms with Crippen LogP contribution in [0, 0.1) is 13.8 Å². The highest BCUT2D eigenvalue weighted by molar-refractivity contribution is 7.89. The van der Waals surface area contributed by atoms with Crippen LogP contribution in [0.5, 0.6) is 0 Å². The first-order valence-electron chi connectivity index (χ1n) is 8.34. The molecule has 0 bridgehead atoms. The third-order valence-electron chi connectivity index (χ3n) is 4.30. The van der Waals surface area contributed by atoms with Gasteiger partial charge in [-0.2, -0.15) is 4.31 Å². The summed E-state index contributed by atoms with van der Waals surface area (Å²) in [4.78, 5) is 2.35. The average molecular weight is 369 g/mol. The molecule has 1 aliphatic rings. The van der Waals surface area contributed by atoms with Crippen molar-refractivity contribution in [2.75, 3.05) is 26.2 Å². The molecule has 0 aliphatic carbocycles. The number of aryl methyl sites for hydroxylation is 3. The minimum atomic E-state index is -3.58. The maximum absolute atomic E-state index is 12.8. The van der Waals surface area contributed by atoms with Gasteiger partial charge in [0, 0.05) is 32.7 Å². The molecule has 1 fully saturated rings. The molecule has 11 heteroatoms. The molecule has 138 valence electrons. The molecule has 0 N–H and O–H groups in total. The highest BCUT2D eigenvalue weighted by Gasteiger charge is 2.33. The van der Waals surface area contributed by atoms with Gasteiger partial charge in [0.15, 0.2) is 11.6 Å². The van der Waals surface area contributed by atoms with E-state index in [0.717, 1.165) is 18.8 Å². The summed E-state index contributed by atoms with van der Waals surface area (Å²) in [6.45, 7) is 8.83. The number of tetrazole rings is 1. The Morgan fingerprint density at radius 3 is 2.48 bits per heavy atom. The fourth-order valence-electron chi connectivity index (χ4n) is 3.02. The molecule has 0 radical (unpaired) electrons. The third-order valence-corrected chi connectivity index (χ3v) is 6.45. The van der Waals surface area contributed by atoms with Gasteiger partial charge in [0.2, 0.25) is 10.0 Å². The van der Waals surface area contributed by atoms with Crippen LogP contribution in [0.1, 0.15) is 30.6 Å². The van der Waals surface area contributed by atoms with Gasteiger partial charge in [-0.15, -0.1) is 5.10 Å². The lowest BCUT2D eigenvalue weighted by atomic mass is 10.3. The average Bonchev–Trinajstić information content (AvgIpc) is 3.15. The summed E-state index contributed by atoms with van der Waals surface area (Å²) >= 11 is 0. The van der Waals surface area contributed by atoms with E-state index in [0.29, 0.717) is 44.2 Å². The van der Waals surface area contributed by atoms with Crippen molar-refractivity contribution in [1.29, 1.82) is 0 Å². The lowest BCUT2D eigenvalue weighted by Gasteiger charge is -2.33. The first kappa shape index (κ1) is 18.0. The summed E-state index contributed by atoms with van der Waals surface area (Å²) < 4.78 is 33.9. The zero-order chi connectivity index (χ0) is 18.0. The summed E-state index contributed by atoms with van der Waals surface area (Å²) in [5.74, 6) is 1.14. The summed E-state index contributed by atoms with van der Waals surface area (Å²) in [5.41, 5.74) is 0.402. The van der Waals surface area contributed by atoms with Crippen LogP contribution in [0.15, 0.2) is 9.42 Å². The van der Waals surface area contributed by atoms with Crippen molar-refractivity contribution in [1.82, 2.24) is 34.6 Å². The van der Waals surface area contributed by atoms with Crippen LogP contribution in [0.2, 0.25) is 0 Å². The Labute approximate surface area is 146 Å². The number of hydrogen-bond acceptors (Lipinski definition) is 8. The molecule has 2 aromatic rings. The van der Waals surface area contributed by atoms with Gasteiger partial charge in [0.25, 0.3) is 0 Å². The number of aromatic nitrogens is 5. The molecular weight excluding hydrogens is 346 g/mol. The summed E-state index contributed by atoms with van der Waals surface area (Å²) in [6.07, 6.45) is 0.960. The van der Waals surface area contributed by atoms with Crippen LogP contribution in [0.3, 0.4) is 0 Å². The van der Waals surface area contributed by atoms with Crippen molar-refractivity contribution in [3.8, 4) is 0 Å². The van der Waals surface area contributed by atoms with Crippen LogP contribution in [0.4, 0.5) is 0 Å². The van der Waals surface area contributed by atoms with E-state index in [9.17, 15) is 8.42 Å². The normalized spacial score (nSPS) is 17.2. The SMILES string of the molecule is CCCn1nnnc1CN1CCN(S(=O)(=O)c2c(C)noc2C)CC1. The molecule has 3 rings (SSSR count).